The van der Waals surface area contributed by atoms with Crippen molar-refractivity contribution in [1.29, 1.82) is 0 Å². The summed E-state index contributed by atoms with van der Waals surface area (Å²) in [4.78, 5) is 12.9. The molecule has 2 aromatic carbocycles. The third-order valence-corrected chi connectivity index (χ3v) is 6.65. The van der Waals surface area contributed by atoms with E-state index in [4.69, 9.17) is 9.47 Å². The van der Waals surface area contributed by atoms with E-state index in [1.165, 1.54) is 10.9 Å². The topological polar surface area (TPSA) is 159 Å². The van der Waals surface area contributed by atoms with E-state index in [1.807, 2.05) is 30.3 Å². The lowest BCUT2D eigenvalue weighted by atomic mass is 9.68. The van der Waals surface area contributed by atoms with Crippen LogP contribution in [0, 0.1) is 0 Å². The highest BCUT2D eigenvalue weighted by Gasteiger charge is 2.55. The van der Waals surface area contributed by atoms with Crippen LogP contribution < -0.4 is 14.8 Å². The predicted octanol–water partition coefficient (Wildman–Crippen LogP) is -0.0874. The average Bonchev–Trinajstić information content (AvgIpc) is 3.49. The summed E-state index contributed by atoms with van der Waals surface area (Å²) < 4.78 is 12.2. The van der Waals surface area contributed by atoms with Gasteiger partial charge in [-0.3, -0.25) is 4.79 Å². The number of ether oxygens (including phenoxy) is 2. The summed E-state index contributed by atoms with van der Waals surface area (Å²) in [6.07, 6.45) is -2.95. The molecule has 3 heterocycles. The normalized spacial score (nSPS) is 29.8. The smallest absolute Gasteiger partial charge is 0.255 e. The molecule has 11 nitrogen and oxygen atoms in total. The number of aromatic hydroxyl groups is 1. The monoisotopic (exact) mass is 452 g/mol. The second kappa shape index (κ2) is 7.17. The summed E-state index contributed by atoms with van der Waals surface area (Å²) in [5.41, 5.74) is 1.66. The summed E-state index contributed by atoms with van der Waals surface area (Å²) in [5, 5.41) is 54.2. The molecule has 0 spiro atoms. The van der Waals surface area contributed by atoms with Crippen molar-refractivity contribution in [3.63, 3.8) is 0 Å². The van der Waals surface area contributed by atoms with Crippen molar-refractivity contribution in [2.75, 3.05) is 6.79 Å². The van der Waals surface area contributed by atoms with E-state index >= 15 is 0 Å². The number of carbonyl (C=O) groups is 1. The van der Waals surface area contributed by atoms with E-state index in [0.717, 1.165) is 5.56 Å². The Kier molecular flexibility index (Phi) is 4.34. The minimum Gasteiger partial charge on any atom is -0.504 e. The molecule has 0 saturated heterocycles. The fourth-order valence-corrected chi connectivity index (χ4v) is 5.15. The molecule has 0 unspecified atom stereocenters. The Hall–Kier alpha value is -3.67. The molecule has 0 radical (unpaired) electrons. The van der Waals surface area contributed by atoms with Crippen LogP contribution in [0.1, 0.15) is 27.9 Å². The lowest BCUT2D eigenvalue weighted by Gasteiger charge is -2.49. The van der Waals surface area contributed by atoms with E-state index < -0.39 is 42.2 Å². The number of phenolic OH excluding ortho intramolecular Hbond substituents is 1. The zero-order valence-electron chi connectivity index (χ0n) is 17.1. The van der Waals surface area contributed by atoms with Crippen molar-refractivity contribution in [2.45, 2.75) is 36.3 Å². The van der Waals surface area contributed by atoms with Gasteiger partial charge in [-0.25, -0.2) is 4.68 Å². The van der Waals surface area contributed by atoms with Crippen LogP contribution in [0.4, 0.5) is 0 Å². The first-order chi connectivity index (χ1) is 16.0. The lowest BCUT2D eigenvalue weighted by Crippen LogP contribution is -2.65. The van der Waals surface area contributed by atoms with Crippen molar-refractivity contribution in [3.8, 4) is 28.5 Å². The zero-order chi connectivity index (χ0) is 22.9. The number of nitrogens with one attached hydrogen (secondary N) is 1. The highest BCUT2D eigenvalue weighted by atomic mass is 16.7. The molecule has 3 aromatic rings. The number of hydrogen-bond donors (Lipinski definition) is 5. The molecule has 33 heavy (non-hydrogen) atoms. The first-order valence-electron chi connectivity index (χ1n) is 10.4. The third kappa shape index (κ3) is 2.76. The molecule has 1 amide bonds. The number of nitrogens with zero attached hydrogens (tertiary/aromatic N) is 3. The van der Waals surface area contributed by atoms with Crippen LogP contribution in [-0.2, 0) is 0 Å². The van der Waals surface area contributed by atoms with E-state index in [9.17, 15) is 25.2 Å². The van der Waals surface area contributed by atoms with Crippen molar-refractivity contribution < 1.29 is 34.7 Å². The van der Waals surface area contributed by atoms with Crippen molar-refractivity contribution >= 4 is 5.91 Å². The Morgan fingerprint density at radius 2 is 1.85 bits per heavy atom. The SMILES string of the molecule is O=C1N[C@H]2[C@H](O)[C@H](O)[C@@H](O)[C@H](n3nncc3-c3ccccc3)[C@@H]2c2cc3c(c(O)c21)OCO3. The average molecular weight is 452 g/mol. The number of aliphatic hydroxyl groups is 3. The second-order valence-electron chi connectivity index (χ2n) is 8.34. The number of hydrogen-bond acceptors (Lipinski definition) is 9. The molecule has 1 fully saturated rings. The molecule has 1 aliphatic carbocycles. The number of carbonyl (C=O) groups excluding carboxylic acids is 1. The first kappa shape index (κ1) is 20.0. The number of benzene rings is 2. The molecule has 6 rings (SSSR count). The predicted molar refractivity (Wildman–Crippen MR) is 111 cm³/mol. The fraction of sp³-hybridized carbons (Fsp3) is 0.318. The lowest BCUT2D eigenvalue weighted by molar-refractivity contribution is -0.128. The largest absolute Gasteiger partial charge is 0.504 e. The van der Waals surface area contributed by atoms with Crippen LogP contribution in [0.25, 0.3) is 11.3 Å². The Bertz CT molecular complexity index is 1250. The van der Waals surface area contributed by atoms with Crippen LogP contribution in [0.15, 0.2) is 42.6 Å². The maximum atomic E-state index is 12.9. The molecule has 3 aliphatic rings. The molecule has 6 atom stereocenters. The first-order valence-corrected chi connectivity index (χ1v) is 10.4. The maximum absolute atomic E-state index is 12.9. The van der Waals surface area contributed by atoms with Gasteiger partial charge in [-0.05, 0) is 11.6 Å². The second-order valence-corrected chi connectivity index (χ2v) is 8.34. The van der Waals surface area contributed by atoms with Crippen LogP contribution in [0.2, 0.25) is 0 Å². The number of rotatable bonds is 2. The summed E-state index contributed by atoms with van der Waals surface area (Å²) in [5.74, 6) is -1.50. The molecule has 1 aromatic heterocycles. The van der Waals surface area contributed by atoms with E-state index in [2.05, 4.69) is 15.6 Å². The molecule has 1 saturated carbocycles. The summed E-state index contributed by atoms with van der Waals surface area (Å²) in [6.45, 7) is -0.115. The Labute approximate surface area is 186 Å². The summed E-state index contributed by atoms with van der Waals surface area (Å²) >= 11 is 0. The van der Waals surface area contributed by atoms with Gasteiger partial charge in [0, 0.05) is 11.5 Å². The highest BCUT2D eigenvalue weighted by Crippen LogP contribution is 2.52. The molecular weight excluding hydrogens is 432 g/mol. The minimum atomic E-state index is -1.56. The van der Waals surface area contributed by atoms with Crippen LogP contribution in [-0.4, -0.2) is 72.5 Å². The molecule has 170 valence electrons. The van der Waals surface area contributed by atoms with Crippen molar-refractivity contribution in [2.24, 2.45) is 0 Å². The van der Waals surface area contributed by atoms with Crippen molar-refractivity contribution in [3.05, 3.63) is 53.7 Å². The number of aliphatic hydroxyl groups excluding tert-OH is 3. The zero-order valence-corrected chi connectivity index (χ0v) is 17.1. The Balaban J connectivity index is 1.57. The number of aromatic nitrogens is 3. The van der Waals surface area contributed by atoms with Gasteiger partial charge >= 0.3 is 0 Å². The van der Waals surface area contributed by atoms with Gasteiger partial charge in [-0.15, -0.1) is 5.10 Å². The molecule has 2 aliphatic heterocycles. The standard InChI is InChI=1S/C22H20N4O7/c27-17-14-10(6-12-21(17)33-8-32-12)13-15(24-22(14)31)18(28)20(30)19(29)16(13)26-11(7-23-25-26)9-4-2-1-3-5-9/h1-7,13,15-16,18-20,27-30H,8H2,(H,24,31)/t13-,15-,16-,18+,19+,20+/m1/s1. The van der Waals surface area contributed by atoms with Gasteiger partial charge < -0.3 is 35.2 Å². The van der Waals surface area contributed by atoms with Gasteiger partial charge in [0.2, 0.25) is 12.5 Å². The van der Waals surface area contributed by atoms with Gasteiger partial charge in [0.25, 0.3) is 5.91 Å². The van der Waals surface area contributed by atoms with Gasteiger partial charge in [-0.1, -0.05) is 35.5 Å². The summed E-state index contributed by atoms with van der Waals surface area (Å²) in [6, 6.07) is 8.92. The van der Waals surface area contributed by atoms with Crippen molar-refractivity contribution in [1.82, 2.24) is 20.3 Å². The fourth-order valence-electron chi connectivity index (χ4n) is 5.15. The minimum absolute atomic E-state index is 0.0392. The highest BCUT2D eigenvalue weighted by molar-refractivity contribution is 6.01. The number of amides is 1. The van der Waals surface area contributed by atoms with Gasteiger partial charge in [0.1, 0.15) is 18.3 Å². The van der Waals surface area contributed by atoms with E-state index in [0.29, 0.717) is 11.3 Å². The van der Waals surface area contributed by atoms with E-state index in [1.54, 1.807) is 6.07 Å². The van der Waals surface area contributed by atoms with Gasteiger partial charge in [0.15, 0.2) is 11.5 Å². The molecule has 0 bridgehead atoms. The van der Waals surface area contributed by atoms with Crippen LogP contribution >= 0.6 is 0 Å². The van der Waals surface area contributed by atoms with Gasteiger partial charge in [0.05, 0.1) is 29.5 Å². The maximum Gasteiger partial charge on any atom is 0.255 e. The number of fused-ring (bicyclic) bond motifs is 4. The van der Waals surface area contributed by atoms with E-state index in [-0.39, 0.29) is 29.6 Å². The van der Waals surface area contributed by atoms with Crippen LogP contribution in [0.3, 0.4) is 0 Å². The molecule has 5 N–H and O–H groups in total. The van der Waals surface area contributed by atoms with Crippen LogP contribution in [0.5, 0.6) is 17.2 Å². The molecular formula is C22H20N4O7. The Morgan fingerprint density at radius 3 is 2.64 bits per heavy atom. The molecule has 11 heteroatoms. The summed E-state index contributed by atoms with van der Waals surface area (Å²) in [7, 11) is 0. The van der Waals surface area contributed by atoms with Gasteiger partial charge in [-0.2, -0.15) is 0 Å². The third-order valence-electron chi connectivity index (χ3n) is 6.65. The quantitative estimate of drug-likeness (QED) is 0.358. The Morgan fingerprint density at radius 1 is 1.06 bits per heavy atom. The number of phenols is 1.